The Morgan fingerprint density at radius 1 is 0.963 bits per heavy atom. The molecule has 0 radical (unpaired) electrons. The van der Waals surface area contributed by atoms with Crippen LogP contribution in [0.2, 0.25) is 0 Å². The molecule has 4 heteroatoms. The Balaban J connectivity index is 1.67. The Bertz CT molecular complexity index is 876. The summed E-state index contributed by atoms with van der Waals surface area (Å²) >= 11 is 0. The van der Waals surface area contributed by atoms with Crippen LogP contribution in [0.4, 0.5) is 0 Å². The minimum atomic E-state index is -0.655. The van der Waals surface area contributed by atoms with Gasteiger partial charge < -0.3 is 9.47 Å². The third kappa shape index (κ3) is 4.27. The minimum Gasteiger partial charge on any atom is -0.457 e. The fourth-order valence-corrected chi connectivity index (χ4v) is 3.32. The van der Waals surface area contributed by atoms with E-state index in [1.807, 2.05) is 58.0 Å². The van der Waals surface area contributed by atoms with E-state index in [1.165, 1.54) is 0 Å². The average Bonchev–Trinajstić information content (AvgIpc) is 3.15. The molecule has 2 atom stereocenters. The van der Waals surface area contributed by atoms with Gasteiger partial charge in [0.2, 0.25) is 0 Å². The van der Waals surface area contributed by atoms with Crippen LogP contribution in [0.3, 0.4) is 0 Å². The zero-order valence-corrected chi connectivity index (χ0v) is 16.1. The fourth-order valence-electron chi connectivity index (χ4n) is 3.32. The van der Waals surface area contributed by atoms with Gasteiger partial charge >= 0.3 is 11.9 Å². The first-order valence-electron chi connectivity index (χ1n) is 9.03. The third-order valence-corrected chi connectivity index (χ3v) is 4.92. The summed E-state index contributed by atoms with van der Waals surface area (Å²) in [5, 5.41) is 0. The van der Waals surface area contributed by atoms with Gasteiger partial charge in [-0.25, -0.2) is 4.79 Å². The van der Waals surface area contributed by atoms with Gasteiger partial charge in [-0.15, -0.1) is 0 Å². The summed E-state index contributed by atoms with van der Waals surface area (Å²) in [4.78, 5) is 24.9. The molecule has 2 unspecified atom stereocenters. The van der Waals surface area contributed by atoms with Gasteiger partial charge in [-0.1, -0.05) is 49.8 Å². The van der Waals surface area contributed by atoms with Crippen LogP contribution in [-0.4, -0.2) is 11.9 Å². The number of allylic oxidation sites excluding steroid dienone is 2. The highest BCUT2D eigenvalue weighted by Gasteiger charge is 2.61. The number of esters is 2. The number of rotatable bonds is 5. The largest absolute Gasteiger partial charge is 0.457 e. The molecular formula is C23H24O4. The molecular weight excluding hydrogens is 340 g/mol. The number of ether oxygens (including phenoxy) is 2. The van der Waals surface area contributed by atoms with Crippen molar-refractivity contribution in [3.63, 3.8) is 0 Å². The number of carbonyl (C=O) groups excluding carboxylic acids is 2. The zero-order chi connectivity index (χ0) is 19.6. The van der Waals surface area contributed by atoms with Crippen LogP contribution in [0.1, 0.15) is 38.1 Å². The second-order valence-electron chi connectivity index (χ2n) is 7.72. The maximum atomic E-state index is 12.5. The van der Waals surface area contributed by atoms with Crippen molar-refractivity contribution in [1.29, 1.82) is 0 Å². The molecule has 0 aliphatic heterocycles. The van der Waals surface area contributed by atoms with Crippen molar-refractivity contribution in [1.82, 2.24) is 0 Å². The second kappa shape index (κ2) is 7.39. The quantitative estimate of drug-likeness (QED) is 0.405. The summed E-state index contributed by atoms with van der Waals surface area (Å²) in [6.45, 7) is 8.03. The summed E-state index contributed by atoms with van der Waals surface area (Å²) in [5.74, 6) is -0.129. The molecule has 0 saturated heterocycles. The van der Waals surface area contributed by atoms with Gasteiger partial charge in [-0.05, 0) is 55.5 Å². The van der Waals surface area contributed by atoms with Gasteiger partial charge in [-0.3, -0.25) is 4.79 Å². The van der Waals surface area contributed by atoms with Crippen LogP contribution < -0.4 is 4.74 Å². The van der Waals surface area contributed by atoms with Crippen molar-refractivity contribution in [2.45, 2.75) is 27.7 Å². The molecule has 140 valence electrons. The Hall–Kier alpha value is -2.88. The predicted octanol–water partition coefficient (Wildman–Crippen LogP) is 5.40. The SMILES string of the molecule is CC(C)=CC1C(C(=O)OC(=O)c2cccc(Oc3ccccc3)c2)C1(C)C. The van der Waals surface area contributed by atoms with Crippen molar-refractivity contribution >= 4 is 11.9 Å². The number of benzene rings is 2. The molecule has 0 N–H and O–H groups in total. The number of carbonyl (C=O) groups is 2. The molecule has 2 aromatic rings. The number of hydrogen-bond acceptors (Lipinski definition) is 4. The molecule has 4 nitrogen and oxygen atoms in total. The Morgan fingerprint density at radius 3 is 2.30 bits per heavy atom. The van der Waals surface area contributed by atoms with Gasteiger partial charge in [-0.2, -0.15) is 0 Å². The normalized spacial score (nSPS) is 19.7. The first kappa shape index (κ1) is 18.9. The highest BCUT2D eigenvalue weighted by Crippen LogP contribution is 2.59. The van der Waals surface area contributed by atoms with E-state index in [4.69, 9.17) is 9.47 Å². The second-order valence-corrected chi connectivity index (χ2v) is 7.72. The summed E-state index contributed by atoms with van der Waals surface area (Å²) in [6.07, 6.45) is 2.07. The molecule has 2 aromatic carbocycles. The van der Waals surface area contributed by atoms with Crippen LogP contribution in [0.15, 0.2) is 66.2 Å². The third-order valence-electron chi connectivity index (χ3n) is 4.92. The summed E-state index contributed by atoms with van der Waals surface area (Å²) in [5.41, 5.74) is 1.25. The Kier molecular flexibility index (Phi) is 5.17. The first-order chi connectivity index (χ1) is 12.8. The number of para-hydroxylation sites is 1. The van der Waals surface area contributed by atoms with E-state index in [9.17, 15) is 9.59 Å². The molecule has 27 heavy (non-hydrogen) atoms. The van der Waals surface area contributed by atoms with Crippen LogP contribution in [0.25, 0.3) is 0 Å². The van der Waals surface area contributed by atoms with Gasteiger partial charge in [0.25, 0.3) is 0 Å². The highest BCUT2D eigenvalue weighted by molar-refractivity contribution is 5.98. The minimum absolute atomic E-state index is 0.107. The van der Waals surface area contributed by atoms with E-state index in [1.54, 1.807) is 24.3 Å². The summed E-state index contributed by atoms with van der Waals surface area (Å²) in [7, 11) is 0. The molecule has 0 heterocycles. The molecule has 3 rings (SSSR count). The smallest absolute Gasteiger partial charge is 0.345 e. The molecule has 1 fully saturated rings. The van der Waals surface area contributed by atoms with E-state index >= 15 is 0 Å². The molecule has 0 bridgehead atoms. The number of hydrogen-bond donors (Lipinski definition) is 0. The van der Waals surface area contributed by atoms with E-state index in [0.717, 1.165) is 5.57 Å². The van der Waals surface area contributed by atoms with Gasteiger partial charge in [0.15, 0.2) is 0 Å². The van der Waals surface area contributed by atoms with Crippen LogP contribution in [-0.2, 0) is 9.53 Å². The lowest BCUT2D eigenvalue weighted by molar-refractivity contribution is -0.140. The Morgan fingerprint density at radius 2 is 1.63 bits per heavy atom. The first-order valence-corrected chi connectivity index (χ1v) is 9.03. The van der Waals surface area contributed by atoms with Gasteiger partial charge in [0, 0.05) is 0 Å². The maximum absolute atomic E-state index is 12.5. The van der Waals surface area contributed by atoms with Crippen molar-refractivity contribution in [2.24, 2.45) is 17.3 Å². The van der Waals surface area contributed by atoms with E-state index in [-0.39, 0.29) is 22.8 Å². The summed E-state index contributed by atoms with van der Waals surface area (Å²) in [6, 6.07) is 15.9. The van der Waals surface area contributed by atoms with Gasteiger partial charge in [0.1, 0.15) is 11.5 Å². The van der Waals surface area contributed by atoms with Gasteiger partial charge in [0.05, 0.1) is 11.5 Å². The lowest BCUT2D eigenvalue weighted by Crippen LogP contribution is -2.16. The molecule has 0 spiro atoms. The molecule has 1 aliphatic carbocycles. The summed E-state index contributed by atoms with van der Waals surface area (Å²) < 4.78 is 10.9. The average molecular weight is 364 g/mol. The Labute approximate surface area is 159 Å². The van der Waals surface area contributed by atoms with Crippen molar-refractivity contribution in [2.75, 3.05) is 0 Å². The predicted molar refractivity (Wildman–Crippen MR) is 104 cm³/mol. The fraction of sp³-hybridized carbons (Fsp3) is 0.304. The molecule has 1 aliphatic rings. The van der Waals surface area contributed by atoms with Crippen molar-refractivity contribution < 1.29 is 19.1 Å². The standard InChI is InChI=1S/C23H24O4/c1-15(2)13-19-20(23(19,3)4)22(25)27-21(24)16-9-8-12-18(14-16)26-17-10-6-5-7-11-17/h5-14,19-20H,1-4H3. The van der Waals surface area contributed by atoms with E-state index < -0.39 is 11.9 Å². The lowest BCUT2D eigenvalue weighted by Gasteiger charge is -2.08. The molecule has 0 amide bonds. The van der Waals surface area contributed by atoms with Crippen molar-refractivity contribution in [3.05, 3.63) is 71.8 Å². The molecule has 1 saturated carbocycles. The topological polar surface area (TPSA) is 52.6 Å². The van der Waals surface area contributed by atoms with Crippen LogP contribution >= 0.6 is 0 Å². The lowest BCUT2D eigenvalue weighted by atomic mass is 10.1. The van der Waals surface area contributed by atoms with E-state index in [0.29, 0.717) is 11.5 Å². The van der Waals surface area contributed by atoms with Crippen LogP contribution in [0, 0.1) is 17.3 Å². The monoisotopic (exact) mass is 364 g/mol. The zero-order valence-electron chi connectivity index (χ0n) is 16.1. The molecule has 0 aromatic heterocycles. The van der Waals surface area contributed by atoms with E-state index in [2.05, 4.69) is 6.08 Å². The highest BCUT2D eigenvalue weighted by atomic mass is 16.6. The van der Waals surface area contributed by atoms with Crippen molar-refractivity contribution in [3.8, 4) is 11.5 Å². The maximum Gasteiger partial charge on any atom is 0.345 e. The van der Waals surface area contributed by atoms with Crippen LogP contribution in [0.5, 0.6) is 11.5 Å².